The molecule has 1 atom stereocenters. The molecule has 0 saturated carbocycles. The number of carbonyl (C=O) groups is 1. The molecule has 0 aromatic carbocycles. The summed E-state index contributed by atoms with van der Waals surface area (Å²) < 4.78 is 0. The molecule has 1 unspecified atom stereocenters. The molecule has 3 heteroatoms. The number of hydrogen-bond acceptors (Lipinski definition) is 2. The van der Waals surface area contributed by atoms with E-state index in [1.165, 1.54) is 23.1 Å². The van der Waals surface area contributed by atoms with E-state index < -0.39 is 0 Å². The lowest BCUT2D eigenvalue weighted by Crippen LogP contribution is -2.35. The third-order valence-corrected chi connectivity index (χ3v) is 5.87. The number of hydrogen-bond donors (Lipinski definition) is 0. The average Bonchev–Trinajstić information content (AvgIpc) is 2.86. The number of likely N-dealkylation sites (N-methyl/N-ethyl adjacent to an activating group) is 1. The van der Waals surface area contributed by atoms with Crippen molar-refractivity contribution in [3.05, 3.63) is 34.9 Å². The van der Waals surface area contributed by atoms with Gasteiger partial charge in [-0.15, -0.1) is 0 Å². The minimum absolute atomic E-state index is 0.349. The predicted molar refractivity (Wildman–Crippen MR) is 127 cm³/mol. The Bertz CT molecular complexity index is 569. The van der Waals surface area contributed by atoms with E-state index in [0.29, 0.717) is 18.2 Å². The van der Waals surface area contributed by atoms with Crippen molar-refractivity contribution in [3.63, 3.8) is 0 Å². The molecule has 1 rings (SSSR count). The monoisotopic (exact) mass is 402 g/mol. The maximum Gasteiger partial charge on any atom is 0.222 e. The van der Waals surface area contributed by atoms with Crippen LogP contribution in [0.2, 0.25) is 0 Å². The lowest BCUT2D eigenvalue weighted by molar-refractivity contribution is -0.132. The minimum Gasteiger partial charge on any atom is -0.341 e. The summed E-state index contributed by atoms with van der Waals surface area (Å²) in [6, 6.07) is 0. The highest BCUT2D eigenvalue weighted by atomic mass is 16.2. The summed E-state index contributed by atoms with van der Waals surface area (Å²) in [5.41, 5.74) is 4.39. The highest BCUT2D eigenvalue weighted by molar-refractivity contribution is 5.76. The minimum atomic E-state index is 0.349. The van der Waals surface area contributed by atoms with Crippen LogP contribution in [0.1, 0.15) is 86.0 Å². The van der Waals surface area contributed by atoms with E-state index in [9.17, 15) is 4.79 Å². The second-order valence-electron chi connectivity index (χ2n) is 9.38. The van der Waals surface area contributed by atoms with Crippen molar-refractivity contribution in [1.29, 1.82) is 0 Å². The summed E-state index contributed by atoms with van der Waals surface area (Å²) >= 11 is 0. The summed E-state index contributed by atoms with van der Waals surface area (Å²) in [6.07, 6.45) is 15.7. The predicted octanol–water partition coefficient (Wildman–Crippen LogP) is 6.38. The van der Waals surface area contributed by atoms with Crippen LogP contribution in [0.5, 0.6) is 0 Å². The molecule has 3 nitrogen and oxygen atoms in total. The highest BCUT2D eigenvalue weighted by Crippen LogP contribution is 2.16. The maximum absolute atomic E-state index is 12.6. The normalized spacial score (nSPS) is 17.8. The van der Waals surface area contributed by atoms with Crippen molar-refractivity contribution in [2.24, 2.45) is 5.92 Å². The van der Waals surface area contributed by atoms with E-state index in [1.807, 2.05) is 0 Å². The van der Waals surface area contributed by atoms with E-state index in [1.54, 1.807) is 0 Å². The van der Waals surface area contributed by atoms with Gasteiger partial charge in [0.05, 0.1) is 0 Å². The van der Waals surface area contributed by atoms with Gasteiger partial charge in [0.25, 0.3) is 0 Å². The topological polar surface area (TPSA) is 23.6 Å². The van der Waals surface area contributed by atoms with E-state index >= 15 is 0 Å². The molecule has 1 heterocycles. The Kier molecular flexibility index (Phi) is 12.9. The van der Waals surface area contributed by atoms with E-state index in [-0.39, 0.29) is 0 Å². The second kappa shape index (κ2) is 14.6. The number of nitrogens with zero attached hydrogens (tertiary/aromatic N) is 2. The third kappa shape index (κ3) is 12.7. The quantitative estimate of drug-likeness (QED) is 0.375. The van der Waals surface area contributed by atoms with Crippen LogP contribution >= 0.6 is 0 Å². The lowest BCUT2D eigenvalue weighted by Gasteiger charge is -2.22. The molecule has 0 bridgehead atoms. The first-order valence-corrected chi connectivity index (χ1v) is 11.7. The van der Waals surface area contributed by atoms with Gasteiger partial charge in [-0.2, -0.15) is 0 Å². The van der Waals surface area contributed by atoms with Crippen molar-refractivity contribution in [2.45, 2.75) is 86.0 Å². The standard InChI is InChI=1S/C26H46N2O/c1-22(2)11-7-12-23(3)13-8-14-24(4)15-9-16-25(5)21-26(29)28-18-10-17-27(6)19-20-28/h11,13,15,25H,7-10,12,14,16-21H2,1-6H3. The van der Waals surface area contributed by atoms with Gasteiger partial charge in [0, 0.05) is 26.1 Å². The van der Waals surface area contributed by atoms with Gasteiger partial charge in [0.15, 0.2) is 0 Å². The summed E-state index contributed by atoms with van der Waals surface area (Å²) in [4.78, 5) is 17.0. The average molecular weight is 403 g/mol. The molecule has 0 radical (unpaired) electrons. The summed E-state index contributed by atoms with van der Waals surface area (Å²) in [5, 5.41) is 0. The van der Waals surface area contributed by atoms with Crippen molar-refractivity contribution < 1.29 is 4.79 Å². The van der Waals surface area contributed by atoms with Crippen LogP contribution in [-0.2, 0) is 4.79 Å². The van der Waals surface area contributed by atoms with Gasteiger partial charge in [0.2, 0.25) is 5.91 Å². The first kappa shape index (κ1) is 25.7. The Morgan fingerprint density at radius 2 is 1.48 bits per heavy atom. The first-order chi connectivity index (χ1) is 13.8. The molecule has 1 saturated heterocycles. The van der Waals surface area contributed by atoms with Crippen LogP contribution in [0.15, 0.2) is 34.9 Å². The van der Waals surface area contributed by atoms with Crippen LogP contribution < -0.4 is 0 Å². The molecule has 1 aliphatic rings. The molecule has 166 valence electrons. The van der Waals surface area contributed by atoms with Crippen LogP contribution in [0.3, 0.4) is 0 Å². The van der Waals surface area contributed by atoms with Crippen LogP contribution in [0.25, 0.3) is 0 Å². The molecule has 0 spiro atoms. The van der Waals surface area contributed by atoms with Gasteiger partial charge in [-0.3, -0.25) is 4.79 Å². The highest BCUT2D eigenvalue weighted by Gasteiger charge is 2.19. The van der Waals surface area contributed by atoms with Crippen LogP contribution in [0.4, 0.5) is 0 Å². The maximum atomic E-state index is 12.6. The zero-order valence-corrected chi connectivity index (χ0v) is 20.1. The number of allylic oxidation sites excluding steroid dienone is 6. The van der Waals surface area contributed by atoms with Gasteiger partial charge in [0.1, 0.15) is 0 Å². The molecular weight excluding hydrogens is 356 g/mol. The molecule has 1 fully saturated rings. The second-order valence-corrected chi connectivity index (χ2v) is 9.38. The van der Waals surface area contributed by atoms with Crippen molar-refractivity contribution in [3.8, 4) is 0 Å². The third-order valence-electron chi connectivity index (χ3n) is 5.87. The van der Waals surface area contributed by atoms with Gasteiger partial charge in [-0.05, 0) is 92.2 Å². The fraction of sp³-hybridized carbons (Fsp3) is 0.731. The van der Waals surface area contributed by atoms with Crippen LogP contribution in [0, 0.1) is 5.92 Å². The smallest absolute Gasteiger partial charge is 0.222 e. The summed E-state index contributed by atoms with van der Waals surface area (Å²) in [7, 11) is 2.15. The van der Waals surface area contributed by atoms with E-state index in [2.05, 4.69) is 69.7 Å². The fourth-order valence-electron chi connectivity index (χ4n) is 3.78. The number of carbonyl (C=O) groups excluding carboxylic acids is 1. The molecule has 0 aromatic rings. The van der Waals surface area contributed by atoms with Gasteiger partial charge >= 0.3 is 0 Å². The summed E-state index contributed by atoms with van der Waals surface area (Å²) in [5.74, 6) is 0.812. The van der Waals surface area contributed by atoms with E-state index in [4.69, 9.17) is 0 Å². The fourth-order valence-corrected chi connectivity index (χ4v) is 3.78. The number of rotatable bonds is 11. The zero-order chi connectivity index (χ0) is 21.6. The number of amides is 1. The van der Waals surface area contributed by atoms with Gasteiger partial charge in [-0.1, -0.05) is 41.9 Å². The lowest BCUT2D eigenvalue weighted by atomic mass is 9.99. The Labute approximate surface area is 180 Å². The van der Waals surface area contributed by atoms with Gasteiger partial charge < -0.3 is 9.80 Å². The molecule has 0 N–H and O–H groups in total. The summed E-state index contributed by atoms with van der Waals surface area (Å²) in [6.45, 7) is 15.0. The molecule has 29 heavy (non-hydrogen) atoms. The molecule has 0 aliphatic carbocycles. The Morgan fingerprint density at radius 1 is 0.862 bits per heavy atom. The van der Waals surface area contributed by atoms with Crippen molar-refractivity contribution in [1.82, 2.24) is 9.80 Å². The largest absolute Gasteiger partial charge is 0.341 e. The Balaban J connectivity index is 2.24. The van der Waals surface area contributed by atoms with Gasteiger partial charge in [-0.25, -0.2) is 0 Å². The SMILES string of the molecule is CC(C)=CCCC(C)=CCCC(C)=CCCC(C)CC(=O)N1CCCN(C)CC1. The Morgan fingerprint density at radius 3 is 2.14 bits per heavy atom. The van der Waals surface area contributed by atoms with E-state index in [0.717, 1.165) is 64.7 Å². The zero-order valence-electron chi connectivity index (χ0n) is 20.1. The van der Waals surface area contributed by atoms with Crippen molar-refractivity contribution in [2.75, 3.05) is 33.2 Å². The molecule has 1 amide bonds. The molecule has 0 aromatic heterocycles. The molecular formula is C26H46N2O. The Hall–Kier alpha value is -1.35. The van der Waals surface area contributed by atoms with Crippen LogP contribution in [-0.4, -0.2) is 48.9 Å². The van der Waals surface area contributed by atoms with Crippen molar-refractivity contribution >= 4 is 5.91 Å². The first-order valence-electron chi connectivity index (χ1n) is 11.7. The molecule has 1 aliphatic heterocycles.